The van der Waals surface area contributed by atoms with Gasteiger partial charge in [-0.1, -0.05) is 41.4 Å². The molecule has 2 aromatic rings. The molecule has 0 fully saturated rings. The van der Waals surface area contributed by atoms with Gasteiger partial charge in [0.2, 0.25) is 21.8 Å². The molecule has 7 nitrogen and oxygen atoms in total. The van der Waals surface area contributed by atoms with E-state index < -0.39 is 34.1 Å². The third-order valence-electron chi connectivity index (χ3n) is 5.05. The van der Waals surface area contributed by atoms with Crippen LogP contribution in [0, 0.1) is 6.92 Å². The lowest BCUT2D eigenvalue weighted by Gasteiger charge is -2.33. The molecule has 10 heteroatoms. The van der Waals surface area contributed by atoms with E-state index in [0.29, 0.717) is 10.0 Å². The lowest BCUT2D eigenvalue weighted by Crippen LogP contribution is -2.54. The second kappa shape index (κ2) is 11.0. The summed E-state index contributed by atoms with van der Waals surface area (Å²) in [5.74, 6) is -0.882. The maximum Gasteiger partial charge on any atom is 0.244 e. The lowest BCUT2D eigenvalue weighted by atomic mass is 10.1. The second-order valence-electron chi connectivity index (χ2n) is 9.27. The number of hydrogen-bond donors (Lipinski definition) is 1. The summed E-state index contributed by atoms with van der Waals surface area (Å²) in [4.78, 5) is 27.8. The Balaban J connectivity index is 2.41. The number of carbonyl (C=O) groups is 2. The summed E-state index contributed by atoms with van der Waals surface area (Å²) >= 11 is 12.2. The molecule has 1 atom stereocenters. The highest BCUT2D eigenvalue weighted by atomic mass is 35.5. The van der Waals surface area contributed by atoms with Crippen molar-refractivity contribution in [3.63, 3.8) is 0 Å². The third-order valence-corrected chi connectivity index (χ3v) is 6.85. The fourth-order valence-corrected chi connectivity index (χ4v) is 4.34. The summed E-state index contributed by atoms with van der Waals surface area (Å²) in [7, 11) is -3.82. The van der Waals surface area contributed by atoms with Gasteiger partial charge in [-0.25, -0.2) is 8.42 Å². The van der Waals surface area contributed by atoms with Crippen LogP contribution < -0.4 is 9.62 Å². The van der Waals surface area contributed by atoms with E-state index in [1.54, 1.807) is 50.2 Å². The minimum atomic E-state index is -3.82. The normalized spacial score (nSPS) is 12.7. The van der Waals surface area contributed by atoms with Gasteiger partial charge in [0.05, 0.1) is 11.9 Å². The Morgan fingerprint density at radius 1 is 1.06 bits per heavy atom. The van der Waals surface area contributed by atoms with Crippen LogP contribution in [0.3, 0.4) is 0 Å². The highest BCUT2D eigenvalue weighted by molar-refractivity contribution is 7.92. The first-order chi connectivity index (χ1) is 15.6. The molecule has 0 spiro atoms. The molecule has 2 aromatic carbocycles. The molecule has 2 rings (SSSR count). The predicted molar refractivity (Wildman–Crippen MR) is 138 cm³/mol. The van der Waals surface area contributed by atoms with Gasteiger partial charge in [0.25, 0.3) is 0 Å². The molecule has 0 aliphatic heterocycles. The Hall–Kier alpha value is -2.29. The van der Waals surface area contributed by atoms with Gasteiger partial charge in [-0.3, -0.25) is 13.9 Å². The summed E-state index contributed by atoms with van der Waals surface area (Å²) in [5.41, 5.74) is 1.29. The van der Waals surface area contributed by atoms with Crippen LogP contribution >= 0.6 is 23.2 Å². The Morgan fingerprint density at radius 3 is 2.15 bits per heavy atom. The van der Waals surface area contributed by atoms with E-state index in [0.717, 1.165) is 21.7 Å². The van der Waals surface area contributed by atoms with Gasteiger partial charge in [0.1, 0.15) is 12.6 Å². The maximum atomic E-state index is 13.5. The van der Waals surface area contributed by atoms with Gasteiger partial charge in [-0.15, -0.1) is 0 Å². The lowest BCUT2D eigenvalue weighted by molar-refractivity contribution is -0.140. The van der Waals surface area contributed by atoms with Crippen molar-refractivity contribution in [3.05, 3.63) is 63.6 Å². The first-order valence-corrected chi connectivity index (χ1v) is 13.3. The van der Waals surface area contributed by atoms with E-state index in [2.05, 4.69) is 5.32 Å². The number of amides is 2. The van der Waals surface area contributed by atoms with E-state index >= 15 is 0 Å². The molecule has 0 aromatic heterocycles. The monoisotopic (exact) mass is 527 g/mol. The summed E-state index contributed by atoms with van der Waals surface area (Å²) in [6, 6.07) is 10.8. The van der Waals surface area contributed by atoms with E-state index in [1.807, 2.05) is 20.8 Å². The number of aryl methyl sites for hydroxylation is 1. The Morgan fingerprint density at radius 2 is 1.65 bits per heavy atom. The number of anilines is 1. The van der Waals surface area contributed by atoms with Crippen molar-refractivity contribution < 1.29 is 18.0 Å². The van der Waals surface area contributed by atoms with Crippen molar-refractivity contribution in [2.24, 2.45) is 0 Å². The number of hydrogen-bond acceptors (Lipinski definition) is 4. The van der Waals surface area contributed by atoms with Gasteiger partial charge in [0.15, 0.2) is 0 Å². The number of rotatable bonds is 8. The quantitative estimate of drug-likeness (QED) is 0.551. The molecule has 0 saturated heterocycles. The molecular formula is C24H31Cl2N3O4S. The van der Waals surface area contributed by atoms with Crippen molar-refractivity contribution in [1.82, 2.24) is 10.2 Å². The van der Waals surface area contributed by atoms with Crippen molar-refractivity contribution >= 4 is 50.7 Å². The van der Waals surface area contributed by atoms with Gasteiger partial charge in [-0.2, -0.15) is 0 Å². The van der Waals surface area contributed by atoms with E-state index in [1.165, 1.54) is 11.0 Å². The Bertz CT molecular complexity index is 1150. The fraction of sp³-hybridized carbons (Fsp3) is 0.417. The first kappa shape index (κ1) is 28.0. The molecule has 0 saturated carbocycles. The summed E-state index contributed by atoms with van der Waals surface area (Å²) in [5, 5.41) is 3.80. The standard InChI is InChI=1S/C24H31Cl2N3O4S/c1-16-7-12-20(13-21(16)26)29(34(6,32)33)15-22(30)28(14-18-8-10-19(25)11-9-18)17(2)23(31)27-24(3,4)5/h7-13,17H,14-15H2,1-6H3,(H,27,31). The van der Waals surface area contributed by atoms with Crippen LogP contribution in [0.15, 0.2) is 42.5 Å². The molecule has 0 aliphatic carbocycles. The van der Waals surface area contributed by atoms with Crippen molar-refractivity contribution in [2.45, 2.75) is 52.7 Å². The van der Waals surface area contributed by atoms with Crippen LogP contribution in [0.1, 0.15) is 38.8 Å². The smallest absolute Gasteiger partial charge is 0.244 e. The molecule has 0 heterocycles. The molecule has 1 N–H and O–H groups in total. The van der Waals surface area contributed by atoms with Crippen LogP contribution in [0.4, 0.5) is 5.69 Å². The molecular weight excluding hydrogens is 497 g/mol. The van der Waals surface area contributed by atoms with Gasteiger partial charge in [-0.05, 0) is 70.0 Å². The van der Waals surface area contributed by atoms with E-state index in [9.17, 15) is 18.0 Å². The first-order valence-electron chi connectivity index (χ1n) is 10.7. The predicted octanol–water partition coefficient (Wildman–Crippen LogP) is 4.40. The zero-order valence-corrected chi connectivity index (χ0v) is 22.6. The van der Waals surface area contributed by atoms with Crippen LogP contribution in [0.5, 0.6) is 0 Å². The van der Waals surface area contributed by atoms with Crippen molar-refractivity contribution in [3.8, 4) is 0 Å². The van der Waals surface area contributed by atoms with E-state index in [-0.39, 0.29) is 18.1 Å². The SMILES string of the molecule is Cc1ccc(N(CC(=O)N(Cc2ccc(Cl)cc2)C(C)C(=O)NC(C)(C)C)S(C)(=O)=O)cc1Cl. The molecule has 186 valence electrons. The largest absolute Gasteiger partial charge is 0.350 e. The van der Waals surface area contributed by atoms with Crippen LogP contribution in [0.25, 0.3) is 0 Å². The van der Waals surface area contributed by atoms with Crippen molar-refractivity contribution in [1.29, 1.82) is 0 Å². The zero-order valence-electron chi connectivity index (χ0n) is 20.2. The average molecular weight is 529 g/mol. The van der Waals surface area contributed by atoms with Crippen LogP contribution in [-0.4, -0.2) is 49.5 Å². The highest BCUT2D eigenvalue weighted by Crippen LogP contribution is 2.25. The number of halogens is 2. The van der Waals surface area contributed by atoms with Crippen molar-refractivity contribution in [2.75, 3.05) is 17.1 Å². The number of sulfonamides is 1. The minimum absolute atomic E-state index is 0.0982. The summed E-state index contributed by atoms with van der Waals surface area (Å²) in [6.45, 7) is 8.55. The van der Waals surface area contributed by atoms with Gasteiger partial charge in [0, 0.05) is 22.1 Å². The number of benzene rings is 2. The summed E-state index contributed by atoms with van der Waals surface area (Å²) in [6.07, 6.45) is 1.02. The second-order valence-corrected chi connectivity index (χ2v) is 12.0. The molecule has 34 heavy (non-hydrogen) atoms. The average Bonchev–Trinajstić information content (AvgIpc) is 2.71. The molecule has 0 radical (unpaired) electrons. The number of nitrogens with one attached hydrogen (secondary N) is 1. The molecule has 0 aliphatic rings. The van der Waals surface area contributed by atoms with Gasteiger partial charge >= 0.3 is 0 Å². The Kier molecular flexibility index (Phi) is 9.02. The number of carbonyl (C=O) groups excluding carboxylic acids is 2. The van der Waals surface area contributed by atoms with Crippen LogP contribution in [-0.2, 0) is 26.2 Å². The Labute approximate surface area is 212 Å². The molecule has 0 bridgehead atoms. The third kappa shape index (κ3) is 7.89. The topological polar surface area (TPSA) is 86.8 Å². The van der Waals surface area contributed by atoms with Crippen LogP contribution in [0.2, 0.25) is 10.0 Å². The highest BCUT2D eigenvalue weighted by Gasteiger charge is 2.31. The van der Waals surface area contributed by atoms with E-state index in [4.69, 9.17) is 23.2 Å². The number of nitrogens with zero attached hydrogens (tertiary/aromatic N) is 2. The van der Waals surface area contributed by atoms with Gasteiger partial charge < -0.3 is 10.2 Å². The minimum Gasteiger partial charge on any atom is -0.350 e. The fourth-order valence-electron chi connectivity index (χ4n) is 3.19. The zero-order chi connectivity index (χ0) is 25.8. The maximum absolute atomic E-state index is 13.5. The summed E-state index contributed by atoms with van der Waals surface area (Å²) < 4.78 is 26.2. The molecule has 2 amide bonds. The molecule has 1 unspecified atom stereocenters.